The quantitative estimate of drug-likeness (QED) is 0.462. The maximum Gasteiger partial charge on any atom is 0.409 e. The number of carbonyl (C=O) groups is 3. The van der Waals surface area contributed by atoms with Crippen LogP contribution in [0.25, 0.3) is 0 Å². The largest absolute Gasteiger partial charge is 0.450 e. The van der Waals surface area contributed by atoms with E-state index in [0.717, 1.165) is 0 Å². The molecule has 15 heteroatoms. The van der Waals surface area contributed by atoms with Gasteiger partial charge in [-0.15, -0.1) is 0 Å². The molecule has 4 rings (SSSR count). The van der Waals surface area contributed by atoms with Gasteiger partial charge in [0.1, 0.15) is 0 Å². The third-order valence-corrected chi connectivity index (χ3v) is 6.87. The fraction of sp³-hybridized carbons (Fsp3) is 0.750. The first-order valence-electron chi connectivity index (χ1n) is 13.7. The average Bonchev–Trinajstić information content (AvgIpc) is 2.97. The number of anilines is 3. The van der Waals surface area contributed by atoms with E-state index in [0.29, 0.717) is 116 Å². The van der Waals surface area contributed by atoms with E-state index in [9.17, 15) is 14.4 Å². The third-order valence-electron chi connectivity index (χ3n) is 6.87. The lowest BCUT2D eigenvalue weighted by molar-refractivity contribution is 0.104. The van der Waals surface area contributed by atoms with Gasteiger partial charge in [-0.3, -0.25) is 0 Å². The lowest BCUT2D eigenvalue weighted by Gasteiger charge is -2.37. The van der Waals surface area contributed by atoms with Crippen molar-refractivity contribution in [2.24, 2.45) is 0 Å². The van der Waals surface area contributed by atoms with Crippen LogP contribution < -0.4 is 14.7 Å². The number of hydrogen-bond acceptors (Lipinski definition) is 12. The summed E-state index contributed by atoms with van der Waals surface area (Å²) in [5.41, 5.74) is 0. The molecular formula is C24H39N9O6. The van der Waals surface area contributed by atoms with Gasteiger partial charge in [-0.25, -0.2) is 14.4 Å². The van der Waals surface area contributed by atoms with Crippen LogP contribution in [0.15, 0.2) is 0 Å². The van der Waals surface area contributed by atoms with Crippen molar-refractivity contribution in [3.63, 3.8) is 0 Å². The van der Waals surface area contributed by atoms with E-state index in [1.807, 2.05) is 14.7 Å². The fourth-order valence-corrected chi connectivity index (χ4v) is 4.68. The second kappa shape index (κ2) is 13.3. The van der Waals surface area contributed by atoms with E-state index in [-0.39, 0.29) is 18.3 Å². The highest BCUT2D eigenvalue weighted by Gasteiger charge is 2.30. The molecule has 1 aromatic rings. The van der Waals surface area contributed by atoms with Crippen LogP contribution in [0.1, 0.15) is 20.8 Å². The van der Waals surface area contributed by atoms with Gasteiger partial charge in [0.2, 0.25) is 17.8 Å². The van der Waals surface area contributed by atoms with E-state index in [1.165, 1.54) is 0 Å². The molecule has 0 atom stereocenters. The molecule has 15 nitrogen and oxygen atoms in total. The highest BCUT2D eigenvalue weighted by molar-refractivity contribution is 5.69. The minimum Gasteiger partial charge on any atom is -0.450 e. The number of aromatic nitrogens is 3. The van der Waals surface area contributed by atoms with E-state index < -0.39 is 0 Å². The van der Waals surface area contributed by atoms with E-state index in [4.69, 9.17) is 29.2 Å². The first kappa shape index (κ1) is 28.2. The number of amides is 3. The fourth-order valence-electron chi connectivity index (χ4n) is 4.68. The predicted molar refractivity (Wildman–Crippen MR) is 142 cm³/mol. The van der Waals surface area contributed by atoms with Crippen LogP contribution >= 0.6 is 0 Å². The number of hydrogen-bond donors (Lipinski definition) is 0. The molecule has 4 heterocycles. The standard InChI is InChI=1S/C24H39N9O6/c1-4-37-22(34)31-13-7-28(8-14-31)19-25-20(29-9-15-32(16-10-29)23(35)38-5-2)27-21(26-19)30-11-17-33(18-12-30)24(36)39-6-3/h4-18H2,1-3H3. The zero-order chi connectivity index (χ0) is 27.8. The van der Waals surface area contributed by atoms with Crippen LogP contribution in [0, 0.1) is 0 Å². The van der Waals surface area contributed by atoms with Crippen LogP contribution in [0.4, 0.5) is 32.2 Å². The Bertz CT molecular complexity index is 854. The zero-order valence-electron chi connectivity index (χ0n) is 23.1. The zero-order valence-corrected chi connectivity index (χ0v) is 23.1. The summed E-state index contributed by atoms with van der Waals surface area (Å²) in [6, 6.07) is 0. The van der Waals surface area contributed by atoms with Crippen molar-refractivity contribution in [1.82, 2.24) is 29.7 Å². The molecule has 1 aromatic heterocycles. The number of carbonyl (C=O) groups excluding carboxylic acids is 3. The first-order valence-corrected chi connectivity index (χ1v) is 13.7. The maximum atomic E-state index is 12.2. The summed E-state index contributed by atoms with van der Waals surface area (Å²) in [5, 5.41) is 0. The summed E-state index contributed by atoms with van der Waals surface area (Å²) in [7, 11) is 0. The molecule has 0 saturated carbocycles. The molecule has 3 aliphatic rings. The Hall–Kier alpha value is -3.78. The smallest absolute Gasteiger partial charge is 0.409 e. The summed E-state index contributed by atoms with van der Waals surface area (Å²) in [6.07, 6.45) is -0.936. The first-order chi connectivity index (χ1) is 18.9. The van der Waals surface area contributed by atoms with Crippen LogP contribution in [-0.2, 0) is 14.2 Å². The SMILES string of the molecule is CCOC(=O)N1CCN(c2nc(N3CCN(C(=O)OCC)CC3)nc(N3CCN(C(=O)OCC)CC3)n2)CC1. The topological polar surface area (TPSA) is 137 Å². The Morgan fingerprint density at radius 2 is 0.718 bits per heavy atom. The maximum absolute atomic E-state index is 12.2. The molecule has 3 aliphatic heterocycles. The summed E-state index contributed by atoms with van der Waals surface area (Å²) in [5.74, 6) is 1.62. The van der Waals surface area contributed by atoms with Gasteiger partial charge in [0.25, 0.3) is 0 Å². The molecule has 39 heavy (non-hydrogen) atoms. The van der Waals surface area contributed by atoms with Crippen molar-refractivity contribution in [3.8, 4) is 0 Å². The molecule has 3 saturated heterocycles. The van der Waals surface area contributed by atoms with Gasteiger partial charge in [-0.05, 0) is 20.8 Å². The molecule has 0 aliphatic carbocycles. The van der Waals surface area contributed by atoms with Crippen molar-refractivity contribution in [2.75, 3.05) is 113 Å². The predicted octanol–water partition coefficient (Wildman–Crippen LogP) is 0.707. The second-order valence-corrected chi connectivity index (χ2v) is 9.25. The minimum absolute atomic E-state index is 0.312. The highest BCUT2D eigenvalue weighted by Crippen LogP contribution is 2.23. The Kier molecular flexibility index (Phi) is 9.65. The van der Waals surface area contributed by atoms with Gasteiger partial charge in [0.05, 0.1) is 19.8 Å². The van der Waals surface area contributed by atoms with Gasteiger partial charge in [-0.2, -0.15) is 15.0 Å². The van der Waals surface area contributed by atoms with Gasteiger partial charge < -0.3 is 43.6 Å². The van der Waals surface area contributed by atoms with Crippen LogP contribution in [0.5, 0.6) is 0 Å². The number of rotatable bonds is 6. The van der Waals surface area contributed by atoms with Crippen molar-refractivity contribution in [3.05, 3.63) is 0 Å². The van der Waals surface area contributed by atoms with Crippen LogP contribution in [0.2, 0.25) is 0 Å². The summed E-state index contributed by atoms with van der Waals surface area (Å²) < 4.78 is 15.4. The van der Waals surface area contributed by atoms with E-state index in [2.05, 4.69) is 0 Å². The highest BCUT2D eigenvalue weighted by atomic mass is 16.6. The van der Waals surface area contributed by atoms with Gasteiger partial charge >= 0.3 is 18.3 Å². The molecular weight excluding hydrogens is 510 g/mol. The molecule has 3 amide bonds. The minimum atomic E-state index is -0.312. The van der Waals surface area contributed by atoms with Gasteiger partial charge in [0.15, 0.2) is 0 Å². The number of nitrogens with zero attached hydrogens (tertiary/aromatic N) is 9. The molecule has 0 radical (unpaired) electrons. The third kappa shape index (κ3) is 7.00. The van der Waals surface area contributed by atoms with Crippen LogP contribution in [-0.4, -0.2) is 146 Å². The summed E-state index contributed by atoms with van der Waals surface area (Å²) in [4.78, 5) is 62.1. The Morgan fingerprint density at radius 1 is 0.487 bits per heavy atom. The second-order valence-electron chi connectivity index (χ2n) is 9.25. The number of ether oxygens (including phenoxy) is 3. The van der Waals surface area contributed by atoms with Crippen molar-refractivity contribution in [2.45, 2.75) is 20.8 Å². The lowest BCUT2D eigenvalue weighted by Crippen LogP contribution is -2.51. The van der Waals surface area contributed by atoms with Crippen molar-refractivity contribution >= 4 is 36.1 Å². The van der Waals surface area contributed by atoms with Gasteiger partial charge in [-0.1, -0.05) is 0 Å². The molecule has 0 N–H and O–H groups in total. The normalized spacial score (nSPS) is 18.2. The lowest BCUT2D eigenvalue weighted by atomic mass is 10.3. The Morgan fingerprint density at radius 3 is 0.923 bits per heavy atom. The molecule has 0 aromatic carbocycles. The number of piperazine rings is 3. The van der Waals surface area contributed by atoms with Crippen molar-refractivity contribution in [1.29, 1.82) is 0 Å². The van der Waals surface area contributed by atoms with E-state index in [1.54, 1.807) is 35.5 Å². The monoisotopic (exact) mass is 549 g/mol. The van der Waals surface area contributed by atoms with Crippen molar-refractivity contribution < 1.29 is 28.6 Å². The molecule has 3 fully saturated rings. The van der Waals surface area contributed by atoms with E-state index >= 15 is 0 Å². The summed E-state index contributed by atoms with van der Waals surface area (Å²) in [6.45, 7) is 12.8. The molecule has 216 valence electrons. The average molecular weight is 550 g/mol. The van der Waals surface area contributed by atoms with Crippen LogP contribution in [0.3, 0.4) is 0 Å². The summed E-state index contributed by atoms with van der Waals surface area (Å²) >= 11 is 0. The molecule has 0 spiro atoms. The Labute approximate surface area is 228 Å². The Balaban J connectivity index is 1.49. The van der Waals surface area contributed by atoms with Gasteiger partial charge in [0, 0.05) is 78.5 Å². The molecule has 0 bridgehead atoms. The molecule has 0 unspecified atom stereocenters.